The molecular weight excluding hydrogens is 376 g/mol. The first-order valence-electron chi connectivity index (χ1n) is 6.52. The van der Waals surface area contributed by atoms with Gasteiger partial charge >= 0.3 is 0 Å². The Hall–Kier alpha value is -2.10. The average molecular weight is 389 g/mol. The zero-order valence-electron chi connectivity index (χ0n) is 12.4. The summed E-state index contributed by atoms with van der Waals surface area (Å²) in [5.74, 6) is -0.720. The number of rotatable bonds is 5. The molecular formula is C14H13ClN2O5S2. The minimum Gasteiger partial charge on any atom is -0.280 e. The van der Waals surface area contributed by atoms with Crippen LogP contribution in [0.2, 0.25) is 5.02 Å². The summed E-state index contributed by atoms with van der Waals surface area (Å²) in [7, 11) is -7.79. The van der Waals surface area contributed by atoms with Gasteiger partial charge in [-0.25, -0.2) is 21.6 Å². The smallest absolute Gasteiger partial charge is 0.264 e. The summed E-state index contributed by atoms with van der Waals surface area (Å²) in [6.45, 7) is 1.08. The van der Waals surface area contributed by atoms with E-state index in [0.29, 0.717) is 5.02 Å². The van der Waals surface area contributed by atoms with E-state index >= 15 is 0 Å². The molecule has 0 aliphatic heterocycles. The molecule has 0 heterocycles. The lowest BCUT2D eigenvalue weighted by Crippen LogP contribution is -2.28. The van der Waals surface area contributed by atoms with Crippen molar-refractivity contribution in [2.45, 2.75) is 16.7 Å². The molecule has 0 fully saturated rings. The highest BCUT2D eigenvalue weighted by Crippen LogP contribution is 2.19. The van der Waals surface area contributed by atoms with Gasteiger partial charge in [0.15, 0.2) is 0 Å². The summed E-state index contributed by atoms with van der Waals surface area (Å²) in [5, 5.41) is 0.404. The Labute approximate surface area is 144 Å². The fraction of sp³-hybridized carbons (Fsp3) is 0.0714. The molecule has 2 N–H and O–H groups in total. The molecule has 0 saturated carbocycles. The zero-order valence-corrected chi connectivity index (χ0v) is 14.7. The van der Waals surface area contributed by atoms with Gasteiger partial charge in [-0.15, -0.1) is 0 Å². The van der Waals surface area contributed by atoms with Crippen molar-refractivity contribution < 1.29 is 21.6 Å². The van der Waals surface area contributed by atoms with E-state index in [9.17, 15) is 21.6 Å². The minimum absolute atomic E-state index is 0.0156. The third-order valence-corrected chi connectivity index (χ3v) is 5.92. The van der Waals surface area contributed by atoms with Crippen LogP contribution in [0.1, 0.15) is 6.92 Å². The second kappa shape index (κ2) is 6.80. The summed E-state index contributed by atoms with van der Waals surface area (Å²) < 4.78 is 52.2. The summed E-state index contributed by atoms with van der Waals surface area (Å²) in [6, 6.07) is 10.5. The molecule has 10 heteroatoms. The van der Waals surface area contributed by atoms with Crippen molar-refractivity contribution in [3.8, 4) is 0 Å². The lowest BCUT2D eigenvalue weighted by molar-refractivity contribution is -0.117. The Bertz CT molecular complexity index is 953. The first-order chi connectivity index (χ1) is 11.1. The molecule has 1 amide bonds. The molecule has 0 atom stereocenters. The second-order valence-electron chi connectivity index (χ2n) is 4.75. The Kier molecular flexibility index (Phi) is 5.16. The van der Waals surface area contributed by atoms with Crippen molar-refractivity contribution >= 4 is 43.2 Å². The van der Waals surface area contributed by atoms with Crippen molar-refractivity contribution in [1.29, 1.82) is 0 Å². The van der Waals surface area contributed by atoms with Crippen LogP contribution in [-0.4, -0.2) is 22.7 Å². The molecule has 128 valence electrons. The molecule has 0 aromatic heterocycles. The molecule has 0 saturated heterocycles. The average Bonchev–Trinajstić information content (AvgIpc) is 2.46. The second-order valence-corrected chi connectivity index (χ2v) is 8.55. The molecule has 2 rings (SSSR count). The fourth-order valence-electron chi connectivity index (χ4n) is 1.78. The number of halogens is 1. The third-order valence-electron chi connectivity index (χ3n) is 2.82. The summed E-state index contributed by atoms with van der Waals surface area (Å²) in [5.41, 5.74) is 0.173. The van der Waals surface area contributed by atoms with Crippen molar-refractivity contribution in [2.24, 2.45) is 0 Å². The molecule has 0 aliphatic carbocycles. The van der Waals surface area contributed by atoms with Gasteiger partial charge in [0.05, 0.1) is 9.79 Å². The van der Waals surface area contributed by atoms with Crippen LogP contribution in [0.4, 0.5) is 5.69 Å². The first-order valence-corrected chi connectivity index (χ1v) is 9.86. The number of benzene rings is 2. The van der Waals surface area contributed by atoms with Gasteiger partial charge in [0.2, 0.25) is 5.91 Å². The number of carbonyl (C=O) groups is 1. The zero-order chi connectivity index (χ0) is 18.0. The van der Waals surface area contributed by atoms with E-state index in [4.69, 9.17) is 11.6 Å². The van der Waals surface area contributed by atoms with E-state index in [1.807, 2.05) is 4.72 Å². The lowest BCUT2D eigenvalue weighted by Gasteiger charge is -2.09. The molecule has 0 bridgehead atoms. The van der Waals surface area contributed by atoms with Crippen LogP contribution in [0, 0.1) is 0 Å². The number of sulfonamides is 2. The van der Waals surface area contributed by atoms with Crippen LogP contribution in [0.15, 0.2) is 58.3 Å². The number of carbonyl (C=O) groups excluding carboxylic acids is 1. The van der Waals surface area contributed by atoms with E-state index in [2.05, 4.69) is 4.72 Å². The quantitative estimate of drug-likeness (QED) is 0.813. The monoisotopic (exact) mass is 388 g/mol. The molecule has 2 aromatic carbocycles. The van der Waals surface area contributed by atoms with E-state index in [0.717, 1.165) is 6.92 Å². The normalized spacial score (nSPS) is 11.8. The number of anilines is 1. The van der Waals surface area contributed by atoms with Gasteiger partial charge in [-0.3, -0.25) is 9.52 Å². The Balaban J connectivity index is 2.23. The summed E-state index contributed by atoms with van der Waals surface area (Å²) >= 11 is 5.72. The number of amides is 1. The van der Waals surface area contributed by atoms with Crippen molar-refractivity contribution in [1.82, 2.24) is 4.72 Å². The van der Waals surface area contributed by atoms with Crippen LogP contribution in [-0.2, 0) is 24.8 Å². The Morgan fingerprint density at radius 2 is 1.29 bits per heavy atom. The maximum atomic E-state index is 12.2. The number of hydrogen-bond donors (Lipinski definition) is 2. The van der Waals surface area contributed by atoms with Gasteiger partial charge in [-0.2, -0.15) is 0 Å². The van der Waals surface area contributed by atoms with E-state index in [-0.39, 0.29) is 15.5 Å². The lowest BCUT2D eigenvalue weighted by atomic mass is 10.3. The minimum atomic E-state index is -3.97. The molecule has 24 heavy (non-hydrogen) atoms. The third kappa shape index (κ3) is 4.47. The first kappa shape index (κ1) is 18.2. The largest absolute Gasteiger partial charge is 0.280 e. The van der Waals surface area contributed by atoms with Crippen molar-refractivity contribution in [3.05, 3.63) is 53.6 Å². The number of hydrogen-bond acceptors (Lipinski definition) is 5. The van der Waals surface area contributed by atoms with E-state index in [1.165, 1.54) is 48.5 Å². The topological polar surface area (TPSA) is 109 Å². The van der Waals surface area contributed by atoms with Gasteiger partial charge < -0.3 is 0 Å². The van der Waals surface area contributed by atoms with Gasteiger partial charge in [0, 0.05) is 17.6 Å². The highest BCUT2D eigenvalue weighted by molar-refractivity contribution is 7.92. The van der Waals surface area contributed by atoms with Crippen molar-refractivity contribution in [3.63, 3.8) is 0 Å². The maximum absolute atomic E-state index is 12.2. The maximum Gasteiger partial charge on any atom is 0.264 e. The Morgan fingerprint density at radius 1 is 0.833 bits per heavy atom. The van der Waals surface area contributed by atoms with Gasteiger partial charge in [0.1, 0.15) is 0 Å². The molecule has 7 nitrogen and oxygen atoms in total. The van der Waals surface area contributed by atoms with Crippen LogP contribution in [0.3, 0.4) is 0 Å². The highest BCUT2D eigenvalue weighted by atomic mass is 35.5. The van der Waals surface area contributed by atoms with E-state index < -0.39 is 26.0 Å². The molecule has 2 aromatic rings. The molecule has 0 spiro atoms. The SMILES string of the molecule is CC(=O)NS(=O)(=O)c1ccc(NS(=O)(=O)c2ccc(Cl)cc2)cc1. The van der Waals surface area contributed by atoms with Crippen LogP contribution >= 0.6 is 11.6 Å². The predicted molar refractivity (Wildman–Crippen MR) is 89.7 cm³/mol. The van der Waals surface area contributed by atoms with Crippen LogP contribution in [0.5, 0.6) is 0 Å². The molecule has 0 radical (unpaired) electrons. The van der Waals surface area contributed by atoms with Gasteiger partial charge in [-0.05, 0) is 48.5 Å². The highest BCUT2D eigenvalue weighted by Gasteiger charge is 2.17. The number of nitrogens with one attached hydrogen (secondary N) is 2. The van der Waals surface area contributed by atoms with Crippen LogP contribution in [0.25, 0.3) is 0 Å². The summed E-state index contributed by atoms with van der Waals surface area (Å²) in [4.78, 5) is 10.7. The standard InChI is InChI=1S/C14H13ClN2O5S2/c1-10(18)16-23(19,20)14-8-4-12(5-9-14)17-24(21,22)13-6-2-11(15)3-7-13/h2-9,17H,1H3,(H,16,18). The van der Waals surface area contributed by atoms with Crippen molar-refractivity contribution in [2.75, 3.05) is 4.72 Å². The molecule has 0 aliphatic rings. The van der Waals surface area contributed by atoms with Gasteiger partial charge in [0.25, 0.3) is 20.0 Å². The Morgan fingerprint density at radius 3 is 1.79 bits per heavy atom. The van der Waals surface area contributed by atoms with Crippen LogP contribution < -0.4 is 9.44 Å². The molecule has 0 unspecified atom stereocenters. The summed E-state index contributed by atoms with van der Waals surface area (Å²) in [6.07, 6.45) is 0. The van der Waals surface area contributed by atoms with Gasteiger partial charge in [-0.1, -0.05) is 11.6 Å². The van der Waals surface area contributed by atoms with E-state index in [1.54, 1.807) is 0 Å². The predicted octanol–water partition coefficient (Wildman–Crippen LogP) is 1.97. The fourth-order valence-corrected chi connectivity index (χ4v) is 3.95.